The molecule has 2 aromatic heterocycles. The van der Waals surface area contributed by atoms with Crippen molar-refractivity contribution in [2.75, 3.05) is 0 Å². The number of nitriles is 1. The van der Waals surface area contributed by atoms with Crippen molar-refractivity contribution in [1.29, 1.82) is 5.26 Å². The van der Waals surface area contributed by atoms with E-state index in [2.05, 4.69) is 20.7 Å². The average Bonchev–Trinajstić information content (AvgIpc) is 3.06. The molecule has 2 aromatic rings. The molecule has 27 heavy (non-hydrogen) atoms. The Kier molecular flexibility index (Phi) is 5.91. The van der Waals surface area contributed by atoms with E-state index in [0.717, 1.165) is 25.7 Å². The van der Waals surface area contributed by atoms with Gasteiger partial charge in [0.25, 0.3) is 5.56 Å². The fourth-order valence-electron chi connectivity index (χ4n) is 3.59. The number of carbonyl (C=O) groups excluding carboxylic acids is 1. The highest BCUT2D eigenvalue weighted by Gasteiger charge is 2.25. The van der Waals surface area contributed by atoms with Gasteiger partial charge in [0, 0.05) is 24.8 Å². The van der Waals surface area contributed by atoms with E-state index < -0.39 is 0 Å². The molecule has 0 unspecified atom stereocenters. The van der Waals surface area contributed by atoms with Gasteiger partial charge in [-0.2, -0.15) is 5.26 Å². The minimum absolute atomic E-state index is 0.00550. The Bertz CT molecular complexity index is 901. The standard InChI is InChI=1S/C19H26N6O2/c1-12(2)17(19(27)24-14-6-4-3-5-7-14)21-11-15-8-16(26)25-18(23-15)13(9-20)10-22-25/h8,10,12,14,17,21-22H,3-7,11H2,1-2H3,(H,24,27)/t17-/m0/s1. The van der Waals surface area contributed by atoms with E-state index in [4.69, 9.17) is 5.26 Å². The van der Waals surface area contributed by atoms with Crippen LogP contribution in [0.5, 0.6) is 0 Å². The fraction of sp³-hybridized carbons (Fsp3) is 0.579. The highest BCUT2D eigenvalue weighted by molar-refractivity contribution is 5.82. The van der Waals surface area contributed by atoms with Crippen LogP contribution in [0.15, 0.2) is 17.1 Å². The zero-order valence-electron chi connectivity index (χ0n) is 15.8. The Labute approximate surface area is 158 Å². The molecule has 1 atom stereocenters. The maximum atomic E-state index is 12.7. The van der Waals surface area contributed by atoms with Gasteiger partial charge >= 0.3 is 0 Å². The first-order chi connectivity index (χ1) is 13.0. The van der Waals surface area contributed by atoms with Crippen molar-refractivity contribution in [3.63, 3.8) is 0 Å². The molecule has 0 radical (unpaired) electrons. The normalized spacial score (nSPS) is 16.4. The monoisotopic (exact) mass is 370 g/mol. The summed E-state index contributed by atoms with van der Waals surface area (Å²) in [5.41, 5.74) is 0.831. The second-order valence-corrected chi connectivity index (χ2v) is 7.49. The second kappa shape index (κ2) is 8.35. The third-order valence-corrected chi connectivity index (χ3v) is 5.07. The maximum Gasteiger partial charge on any atom is 0.272 e. The largest absolute Gasteiger partial charge is 0.352 e. The maximum absolute atomic E-state index is 12.7. The van der Waals surface area contributed by atoms with E-state index in [1.165, 1.54) is 23.2 Å². The molecule has 2 heterocycles. The average molecular weight is 370 g/mol. The van der Waals surface area contributed by atoms with Crippen LogP contribution in [0.25, 0.3) is 5.65 Å². The van der Waals surface area contributed by atoms with E-state index in [1.54, 1.807) is 0 Å². The van der Waals surface area contributed by atoms with Gasteiger partial charge in [-0.05, 0) is 18.8 Å². The zero-order chi connectivity index (χ0) is 19.4. The van der Waals surface area contributed by atoms with Crippen LogP contribution in [-0.2, 0) is 11.3 Å². The van der Waals surface area contributed by atoms with Crippen molar-refractivity contribution in [1.82, 2.24) is 25.2 Å². The summed E-state index contributed by atoms with van der Waals surface area (Å²) in [6.07, 6.45) is 7.10. The third kappa shape index (κ3) is 4.37. The van der Waals surface area contributed by atoms with Crippen molar-refractivity contribution in [3.8, 4) is 6.07 Å². The van der Waals surface area contributed by atoms with Gasteiger partial charge in [-0.1, -0.05) is 33.1 Å². The van der Waals surface area contributed by atoms with Crippen LogP contribution in [0.3, 0.4) is 0 Å². The first-order valence-corrected chi connectivity index (χ1v) is 9.53. The summed E-state index contributed by atoms with van der Waals surface area (Å²) in [7, 11) is 0. The molecule has 1 aliphatic carbocycles. The summed E-state index contributed by atoms with van der Waals surface area (Å²) in [4.78, 5) is 29.3. The van der Waals surface area contributed by atoms with Gasteiger partial charge in [-0.15, -0.1) is 0 Å². The molecule has 8 heteroatoms. The number of rotatable bonds is 6. The lowest BCUT2D eigenvalue weighted by Gasteiger charge is -2.27. The zero-order valence-corrected chi connectivity index (χ0v) is 15.8. The minimum atomic E-state index is -0.367. The predicted molar refractivity (Wildman–Crippen MR) is 101 cm³/mol. The topological polar surface area (TPSA) is 115 Å². The van der Waals surface area contributed by atoms with Crippen molar-refractivity contribution in [2.24, 2.45) is 5.92 Å². The number of fused-ring (bicyclic) bond motifs is 1. The molecule has 0 saturated heterocycles. The van der Waals surface area contributed by atoms with Crippen molar-refractivity contribution in [3.05, 3.63) is 33.9 Å². The number of nitrogens with zero attached hydrogens (tertiary/aromatic N) is 3. The Hall–Kier alpha value is -2.66. The summed E-state index contributed by atoms with van der Waals surface area (Å²) in [6.45, 7) is 4.26. The number of carbonyl (C=O) groups is 1. The van der Waals surface area contributed by atoms with E-state index in [-0.39, 0.29) is 36.0 Å². The molecule has 0 bridgehead atoms. The number of H-pyrrole nitrogens is 1. The Balaban J connectivity index is 1.70. The SMILES string of the molecule is CC(C)[C@H](NCc1cc(=O)n2[nH]cc(C#N)c2n1)C(=O)NC1CCCCC1. The summed E-state index contributed by atoms with van der Waals surface area (Å²) in [6, 6.07) is 3.31. The molecule has 1 saturated carbocycles. The summed E-state index contributed by atoms with van der Waals surface area (Å²) < 4.78 is 1.23. The number of hydrogen-bond donors (Lipinski definition) is 3. The fourth-order valence-corrected chi connectivity index (χ4v) is 3.59. The molecule has 3 rings (SSSR count). The lowest BCUT2D eigenvalue weighted by atomic mass is 9.94. The molecule has 0 aliphatic heterocycles. The molecule has 1 aliphatic rings. The van der Waals surface area contributed by atoms with E-state index in [1.807, 2.05) is 19.9 Å². The molecule has 144 valence electrons. The summed E-state index contributed by atoms with van der Waals surface area (Å²) >= 11 is 0. The van der Waals surface area contributed by atoms with Gasteiger partial charge in [-0.3, -0.25) is 20.0 Å². The molecule has 0 spiro atoms. The lowest BCUT2D eigenvalue weighted by molar-refractivity contribution is -0.125. The van der Waals surface area contributed by atoms with Crippen LogP contribution in [0.2, 0.25) is 0 Å². The van der Waals surface area contributed by atoms with Gasteiger partial charge < -0.3 is 5.32 Å². The molecule has 8 nitrogen and oxygen atoms in total. The Morgan fingerprint density at radius 3 is 2.81 bits per heavy atom. The molecule has 1 fully saturated rings. The van der Waals surface area contributed by atoms with E-state index in [0.29, 0.717) is 16.9 Å². The smallest absolute Gasteiger partial charge is 0.272 e. The number of aromatic nitrogens is 3. The van der Waals surface area contributed by atoms with Gasteiger partial charge in [0.1, 0.15) is 11.6 Å². The van der Waals surface area contributed by atoms with Crippen LogP contribution in [0.4, 0.5) is 0 Å². The molecule has 1 amide bonds. The van der Waals surface area contributed by atoms with Crippen molar-refractivity contribution in [2.45, 2.75) is 64.6 Å². The predicted octanol–water partition coefficient (Wildman–Crippen LogP) is 1.46. The van der Waals surface area contributed by atoms with Gasteiger partial charge in [-0.25, -0.2) is 9.50 Å². The summed E-state index contributed by atoms with van der Waals surface area (Å²) in [5.74, 6) is 0.0920. The van der Waals surface area contributed by atoms with E-state index in [9.17, 15) is 9.59 Å². The first-order valence-electron chi connectivity index (χ1n) is 9.53. The van der Waals surface area contributed by atoms with Gasteiger partial charge in [0.05, 0.1) is 11.7 Å². The lowest BCUT2D eigenvalue weighted by Crippen LogP contribution is -2.50. The van der Waals surface area contributed by atoms with Gasteiger partial charge in [0.2, 0.25) is 5.91 Å². The first kappa shape index (κ1) is 19.1. The highest BCUT2D eigenvalue weighted by Crippen LogP contribution is 2.18. The van der Waals surface area contributed by atoms with Crippen molar-refractivity contribution < 1.29 is 4.79 Å². The second-order valence-electron chi connectivity index (χ2n) is 7.49. The number of nitrogens with one attached hydrogen (secondary N) is 3. The third-order valence-electron chi connectivity index (χ3n) is 5.07. The number of amides is 1. The highest BCUT2D eigenvalue weighted by atomic mass is 16.2. The molecular weight excluding hydrogens is 344 g/mol. The van der Waals surface area contributed by atoms with Crippen LogP contribution in [-0.4, -0.2) is 32.6 Å². The van der Waals surface area contributed by atoms with Gasteiger partial charge in [0.15, 0.2) is 5.65 Å². The van der Waals surface area contributed by atoms with Crippen LogP contribution in [0.1, 0.15) is 57.2 Å². The Morgan fingerprint density at radius 1 is 1.41 bits per heavy atom. The van der Waals surface area contributed by atoms with Crippen molar-refractivity contribution >= 4 is 11.6 Å². The van der Waals surface area contributed by atoms with Crippen LogP contribution < -0.4 is 16.2 Å². The molecular formula is C19H26N6O2. The Morgan fingerprint density at radius 2 is 2.15 bits per heavy atom. The van der Waals surface area contributed by atoms with E-state index >= 15 is 0 Å². The minimum Gasteiger partial charge on any atom is -0.352 e. The van der Waals surface area contributed by atoms with Crippen LogP contribution >= 0.6 is 0 Å². The number of aromatic amines is 1. The number of hydrogen-bond acceptors (Lipinski definition) is 5. The quantitative estimate of drug-likeness (QED) is 0.712. The molecule has 3 N–H and O–H groups in total. The molecule has 0 aromatic carbocycles. The van der Waals surface area contributed by atoms with Crippen LogP contribution in [0, 0.1) is 17.2 Å². The summed E-state index contributed by atoms with van der Waals surface area (Å²) in [5, 5.41) is 18.2.